The van der Waals surface area contributed by atoms with Gasteiger partial charge in [0.05, 0.1) is 34.6 Å². The predicted molar refractivity (Wildman–Crippen MR) is 130 cm³/mol. The highest BCUT2D eigenvalue weighted by Crippen LogP contribution is 2.23. The van der Waals surface area contributed by atoms with Crippen molar-refractivity contribution in [3.8, 4) is 0 Å². The van der Waals surface area contributed by atoms with Gasteiger partial charge in [0.1, 0.15) is 0 Å². The lowest BCUT2D eigenvalue weighted by Crippen LogP contribution is -2.72. The second kappa shape index (κ2) is 13.6. The van der Waals surface area contributed by atoms with Crippen LogP contribution in [0.4, 0.5) is 5.69 Å². The fourth-order valence-electron chi connectivity index (χ4n) is 2.80. The van der Waals surface area contributed by atoms with Gasteiger partial charge in [-0.05, 0) is 60.3 Å². The molecule has 0 aliphatic carbocycles. The normalized spacial score (nSPS) is 13.1. The molecule has 194 valence electrons. The first kappa shape index (κ1) is 28.8. The maximum absolute atomic E-state index is 12.4. The van der Waals surface area contributed by atoms with Gasteiger partial charge in [-0.3, -0.25) is 21.1 Å². The second-order valence-corrected chi connectivity index (χ2v) is 9.80. The molecule has 1 saturated heterocycles. The first-order valence-corrected chi connectivity index (χ1v) is 13.1. The predicted octanol–water partition coefficient (Wildman–Crippen LogP) is -1.22. The van der Waals surface area contributed by atoms with E-state index in [1.165, 1.54) is 0 Å². The van der Waals surface area contributed by atoms with Crippen molar-refractivity contribution in [1.82, 2.24) is 4.90 Å². The highest BCUT2D eigenvalue weighted by Gasteiger charge is 2.19. The monoisotopic (exact) mass is 538 g/mol. The van der Waals surface area contributed by atoms with Crippen molar-refractivity contribution in [3.05, 3.63) is 59.7 Å². The Kier molecular flexibility index (Phi) is 10.9. The fourth-order valence-corrected chi connectivity index (χ4v) is 3.54. The van der Waals surface area contributed by atoms with Crippen LogP contribution in [0.1, 0.15) is 20.7 Å². The summed E-state index contributed by atoms with van der Waals surface area (Å²) in [5.74, 6) is -0.774. The van der Waals surface area contributed by atoms with E-state index in [2.05, 4.69) is 4.99 Å². The molecule has 0 spiro atoms. The number of nitrogens with two attached hydrogens (primary N) is 2. The van der Waals surface area contributed by atoms with E-state index in [4.69, 9.17) is 33.9 Å². The molecular formula is C22H26N4O8S2. The van der Waals surface area contributed by atoms with Crippen molar-refractivity contribution in [2.24, 2.45) is 11.5 Å². The lowest BCUT2D eigenvalue weighted by Gasteiger charge is -2.26. The molecule has 0 radical (unpaired) electrons. The number of hydrogen-bond donors (Lipinski definition) is 3. The molecule has 12 nitrogen and oxygen atoms in total. The minimum atomic E-state index is -3.92. The smallest absolute Gasteiger partial charge is 0.343 e. The van der Waals surface area contributed by atoms with Crippen LogP contribution in [0, 0.1) is 0 Å². The van der Waals surface area contributed by atoms with Gasteiger partial charge < -0.3 is 18.9 Å². The first-order valence-electron chi connectivity index (χ1n) is 10.4. The zero-order valence-corrected chi connectivity index (χ0v) is 21.0. The van der Waals surface area contributed by atoms with E-state index in [9.17, 15) is 14.4 Å². The van der Waals surface area contributed by atoms with Crippen LogP contribution in [0.3, 0.4) is 0 Å². The zero-order chi connectivity index (χ0) is 26.7. The Morgan fingerprint density at radius 2 is 1.56 bits per heavy atom. The molecule has 1 amide bonds. The molecule has 0 saturated carbocycles. The molecule has 0 atom stereocenters. The summed E-state index contributed by atoms with van der Waals surface area (Å²) in [7, 11) is -3.92. The highest BCUT2D eigenvalue weighted by molar-refractivity contribution is 8.14. The zero-order valence-electron chi connectivity index (χ0n) is 19.3. The number of guanidine groups is 1. The Labute approximate surface area is 212 Å². The molecule has 1 aliphatic rings. The van der Waals surface area contributed by atoms with E-state index in [0.29, 0.717) is 54.3 Å². The summed E-state index contributed by atoms with van der Waals surface area (Å²) < 4.78 is 37.5. The molecule has 5 N–H and O–H groups in total. The van der Waals surface area contributed by atoms with Gasteiger partial charge in [-0.15, -0.1) is 0 Å². The Hall–Kier alpha value is -3.46. The topological polar surface area (TPSA) is 196 Å². The quantitative estimate of drug-likeness (QED) is 0.131. The summed E-state index contributed by atoms with van der Waals surface area (Å²) >= 11 is 1.04. The summed E-state index contributed by atoms with van der Waals surface area (Å²) in [6.07, 6.45) is 0.604. The molecule has 0 unspecified atom stereocenters. The van der Waals surface area contributed by atoms with Crippen molar-refractivity contribution < 1.29 is 41.8 Å². The summed E-state index contributed by atoms with van der Waals surface area (Å²) in [4.78, 5) is 41.7. The molecule has 0 bridgehead atoms. The van der Waals surface area contributed by atoms with E-state index in [1.807, 2.05) is 0 Å². The summed E-state index contributed by atoms with van der Waals surface area (Å²) in [5, 5.41) is -0.150. The van der Waals surface area contributed by atoms with Crippen LogP contribution in [0.2, 0.25) is 0 Å². The maximum atomic E-state index is 12.4. The number of rotatable bonds is 6. The molecule has 36 heavy (non-hydrogen) atoms. The van der Waals surface area contributed by atoms with Crippen LogP contribution in [-0.4, -0.2) is 80.0 Å². The van der Waals surface area contributed by atoms with E-state index < -0.39 is 16.1 Å². The largest absolute Gasteiger partial charge is 0.748 e. The molecular weight excluding hydrogens is 512 g/mol. The van der Waals surface area contributed by atoms with Crippen LogP contribution in [-0.2, 0) is 24.4 Å². The number of hydrogen-bond acceptors (Lipinski definition) is 9. The van der Waals surface area contributed by atoms with Crippen LogP contribution in [0.5, 0.6) is 0 Å². The van der Waals surface area contributed by atoms with Crippen LogP contribution >= 0.6 is 11.8 Å². The second-order valence-electron chi connectivity index (χ2n) is 7.35. The van der Waals surface area contributed by atoms with Crippen molar-refractivity contribution in [2.45, 2.75) is 4.90 Å². The third-order valence-electron chi connectivity index (χ3n) is 4.40. The van der Waals surface area contributed by atoms with Crippen molar-refractivity contribution >= 4 is 50.5 Å². The molecule has 1 heterocycles. The van der Waals surface area contributed by atoms with Crippen molar-refractivity contribution in [3.63, 3.8) is 0 Å². The van der Waals surface area contributed by atoms with Gasteiger partial charge in [-0.2, -0.15) is 0 Å². The van der Waals surface area contributed by atoms with Crippen molar-refractivity contribution in [2.75, 3.05) is 39.2 Å². The Balaban J connectivity index is 0.000000830. The molecule has 1 fully saturated rings. The van der Waals surface area contributed by atoms with E-state index in [-0.39, 0.29) is 23.6 Å². The first-order chi connectivity index (χ1) is 16.9. The van der Waals surface area contributed by atoms with E-state index in [0.717, 1.165) is 11.8 Å². The SMILES string of the molecule is CS(=O)(=O)[O-].NC(N)=[NH+]c1ccc(C(=O)Sc2ccc(C(=O)OCC(=O)N3CCOCC3)cc2)cc1. The number of ether oxygens (including phenoxy) is 2. The van der Waals surface area contributed by atoms with Gasteiger partial charge in [0.15, 0.2) is 6.61 Å². The number of thioether (sulfide) groups is 1. The number of morpholine rings is 1. The van der Waals surface area contributed by atoms with Gasteiger partial charge in [0.2, 0.25) is 5.12 Å². The van der Waals surface area contributed by atoms with E-state index >= 15 is 0 Å². The van der Waals surface area contributed by atoms with Gasteiger partial charge in [-0.1, -0.05) is 0 Å². The standard InChI is InChI=1S/C21H22N4O5S.CH4O3S/c22-21(23)24-16-5-1-15(2-6-16)20(28)31-17-7-3-14(4-8-17)19(27)30-13-18(26)25-9-11-29-12-10-25;1-5(2,3)4/h1-8H,9-13H2,(H4,22,23,24);1H3,(H,2,3,4). The number of esters is 1. The minimum absolute atomic E-state index is 0.0672. The lowest BCUT2D eigenvalue weighted by molar-refractivity contribution is -0.356. The average Bonchev–Trinajstić information content (AvgIpc) is 2.82. The Bertz CT molecular complexity index is 1180. The number of benzene rings is 2. The lowest BCUT2D eigenvalue weighted by atomic mass is 10.2. The van der Waals surface area contributed by atoms with Gasteiger partial charge in [0.25, 0.3) is 5.91 Å². The number of carbonyl (C=O) groups is 3. The van der Waals surface area contributed by atoms with Crippen molar-refractivity contribution in [1.29, 1.82) is 0 Å². The number of amides is 1. The summed E-state index contributed by atoms with van der Waals surface area (Å²) in [6.45, 7) is 1.65. The summed E-state index contributed by atoms with van der Waals surface area (Å²) in [5.41, 5.74) is 12.3. The average molecular weight is 539 g/mol. The Morgan fingerprint density at radius 3 is 2.08 bits per heavy atom. The Morgan fingerprint density at radius 1 is 1.03 bits per heavy atom. The highest BCUT2D eigenvalue weighted by atomic mass is 32.2. The molecule has 2 aromatic carbocycles. The molecule has 3 rings (SSSR count). The van der Waals surface area contributed by atoms with Gasteiger partial charge >= 0.3 is 11.9 Å². The molecule has 2 aromatic rings. The molecule has 0 aromatic heterocycles. The van der Waals surface area contributed by atoms with Gasteiger partial charge in [0, 0.05) is 29.8 Å². The third-order valence-corrected chi connectivity index (χ3v) is 5.33. The van der Waals surface area contributed by atoms with Gasteiger partial charge in [-0.25, -0.2) is 18.2 Å². The number of nitrogens with zero attached hydrogens (tertiary/aromatic N) is 1. The minimum Gasteiger partial charge on any atom is -0.748 e. The third kappa shape index (κ3) is 10.9. The van der Waals surface area contributed by atoms with Crippen LogP contribution < -0.4 is 16.5 Å². The van der Waals surface area contributed by atoms with Crippen LogP contribution in [0.25, 0.3) is 0 Å². The van der Waals surface area contributed by atoms with E-state index in [1.54, 1.807) is 53.4 Å². The number of nitrogens with one attached hydrogen (secondary N) is 1. The maximum Gasteiger partial charge on any atom is 0.343 e. The number of carbonyl (C=O) groups excluding carboxylic acids is 3. The summed E-state index contributed by atoms with van der Waals surface area (Å²) in [6, 6.07) is 13.2. The molecule has 14 heteroatoms. The molecule has 1 aliphatic heterocycles. The fraction of sp³-hybridized carbons (Fsp3) is 0.273. The van der Waals surface area contributed by atoms with Crippen LogP contribution in [0.15, 0.2) is 53.4 Å².